The van der Waals surface area contributed by atoms with Crippen LogP contribution in [-0.2, 0) is 0 Å². The van der Waals surface area contributed by atoms with E-state index in [0.717, 1.165) is 16.9 Å². The highest BCUT2D eigenvalue weighted by molar-refractivity contribution is 9.10. The van der Waals surface area contributed by atoms with Gasteiger partial charge in [-0.05, 0) is 48.9 Å². The fraction of sp³-hybridized carbons (Fsp3) is 0.538. The summed E-state index contributed by atoms with van der Waals surface area (Å²) in [6.07, 6.45) is 5.49. The minimum absolute atomic E-state index is 0.570. The molecule has 2 N–H and O–H groups in total. The first-order valence-electron chi connectivity index (χ1n) is 5.77. The van der Waals surface area contributed by atoms with Gasteiger partial charge in [0.05, 0.1) is 0 Å². The Morgan fingerprint density at radius 3 is 2.33 bits per heavy atom. The number of rotatable bonds is 3. The van der Waals surface area contributed by atoms with Gasteiger partial charge in [-0.25, -0.2) is 0 Å². The fourth-order valence-electron chi connectivity index (χ4n) is 2.67. The van der Waals surface area contributed by atoms with E-state index in [0.29, 0.717) is 5.92 Å². The van der Waals surface area contributed by atoms with Gasteiger partial charge in [0.1, 0.15) is 0 Å². The molecule has 1 aliphatic carbocycles. The van der Waals surface area contributed by atoms with E-state index in [1.54, 1.807) is 0 Å². The summed E-state index contributed by atoms with van der Waals surface area (Å²) in [5, 5.41) is 0. The van der Waals surface area contributed by atoms with E-state index in [1.165, 1.54) is 31.2 Å². The Morgan fingerprint density at radius 1 is 1.20 bits per heavy atom. The van der Waals surface area contributed by atoms with E-state index in [1.807, 2.05) is 0 Å². The Balaban J connectivity index is 2.14. The molecular weight excluding hydrogens is 250 g/mol. The lowest BCUT2D eigenvalue weighted by molar-refractivity contribution is 0.440. The van der Waals surface area contributed by atoms with Crippen LogP contribution in [0.25, 0.3) is 0 Å². The van der Waals surface area contributed by atoms with Crippen molar-refractivity contribution in [3.05, 3.63) is 34.3 Å². The highest BCUT2D eigenvalue weighted by Crippen LogP contribution is 2.36. The summed E-state index contributed by atoms with van der Waals surface area (Å²) in [5.74, 6) is 1.39. The normalized spacial score (nSPS) is 19.3. The van der Waals surface area contributed by atoms with Crippen molar-refractivity contribution >= 4 is 15.9 Å². The number of halogens is 1. The molecule has 1 aromatic rings. The number of hydrogen-bond donors (Lipinski definition) is 1. The van der Waals surface area contributed by atoms with E-state index >= 15 is 0 Å². The molecule has 0 heterocycles. The summed E-state index contributed by atoms with van der Waals surface area (Å²) in [6.45, 7) is 0.784. The zero-order valence-electron chi connectivity index (χ0n) is 8.95. The quantitative estimate of drug-likeness (QED) is 0.889. The van der Waals surface area contributed by atoms with Crippen LogP contribution < -0.4 is 5.73 Å². The standard InChI is InChI=1S/C13H18BrN/c14-12-7-5-11(6-8-12)13(9-15)10-3-1-2-4-10/h5-8,10,13H,1-4,9,15H2. The Bertz CT molecular complexity index is 301. The third-order valence-electron chi connectivity index (χ3n) is 3.52. The Kier molecular flexibility index (Phi) is 3.81. The molecule has 82 valence electrons. The molecule has 0 saturated heterocycles. The van der Waals surface area contributed by atoms with Gasteiger partial charge in [-0.2, -0.15) is 0 Å². The summed E-state index contributed by atoms with van der Waals surface area (Å²) >= 11 is 3.47. The van der Waals surface area contributed by atoms with Gasteiger partial charge < -0.3 is 5.73 Å². The zero-order valence-corrected chi connectivity index (χ0v) is 10.5. The van der Waals surface area contributed by atoms with Gasteiger partial charge in [0.15, 0.2) is 0 Å². The van der Waals surface area contributed by atoms with Crippen LogP contribution in [0.4, 0.5) is 0 Å². The van der Waals surface area contributed by atoms with Crippen LogP contribution in [0.2, 0.25) is 0 Å². The first kappa shape index (κ1) is 11.2. The lowest BCUT2D eigenvalue weighted by atomic mass is 9.85. The smallest absolute Gasteiger partial charge is 0.0175 e. The van der Waals surface area contributed by atoms with Crippen LogP contribution in [0, 0.1) is 5.92 Å². The maximum atomic E-state index is 5.91. The minimum Gasteiger partial charge on any atom is -0.330 e. The van der Waals surface area contributed by atoms with Crippen LogP contribution >= 0.6 is 15.9 Å². The van der Waals surface area contributed by atoms with Crippen molar-refractivity contribution < 1.29 is 0 Å². The number of benzene rings is 1. The largest absolute Gasteiger partial charge is 0.330 e. The molecule has 0 aliphatic heterocycles. The van der Waals surface area contributed by atoms with Crippen LogP contribution in [0.3, 0.4) is 0 Å². The number of nitrogens with two attached hydrogens (primary N) is 1. The van der Waals surface area contributed by atoms with E-state index in [4.69, 9.17) is 5.73 Å². The summed E-state index contributed by atoms with van der Waals surface area (Å²) in [6, 6.07) is 8.65. The van der Waals surface area contributed by atoms with Gasteiger partial charge in [-0.3, -0.25) is 0 Å². The highest BCUT2D eigenvalue weighted by atomic mass is 79.9. The molecule has 1 saturated carbocycles. The third kappa shape index (κ3) is 2.61. The fourth-order valence-corrected chi connectivity index (χ4v) is 2.93. The van der Waals surface area contributed by atoms with E-state index in [2.05, 4.69) is 40.2 Å². The van der Waals surface area contributed by atoms with E-state index in [-0.39, 0.29) is 0 Å². The average molecular weight is 268 g/mol. The van der Waals surface area contributed by atoms with Crippen LogP contribution in [0.1, 0.15) is 37.2 Å². The van der Waals surface area contributed by atoms with Crippen molar-refractivity contribution in [3.63, 3.8) is 0 Å². The SMILES string of the molecule is NCC(c1ccc(Br)cc1)C1CCCC1. The summed E-state index contributed by atoms with van der Waals surface area (Å²) in [5.41, 5.74) is 7.32. The molecule has 0 aromatic heterocycles. The summed E-state index contributed by atoms with van der Waals surface area (Å²) in [7, 11) is 0. The molecule has 0 bridgehead atoms. The lowest BCUT2D eigenvalue weighted by Crippen LogP contribution is -2.19. The molecular formula is C13H18BrN. The Hall–Kier alpha value is -0.340. The van der Waals surface area contributed by atoms with Crippen molar-refractivity contribution in [2.45, 2.75) is 31.6 Å². The van der Waals surface area contributed by atoms with Crippen LogP contribution in [0.15, 0.2) is 28.7 Å². The van der Waals surface area contributed by atoms with E-state index in [9.17, 15) is 0 Å². The van der Waals surface area contributed by atoms with Gasteiger partial charge in [0.2, 0.25) is 0 Å². The van der Waals surface area contributed by atoms with Gasteiger partial charge in [-0.1, -0.05) is 40.9 Å². The van der Waals surface area contributed by atoms with Gasteiger partial charge in [-0.15, -0.1) is 0 Å². The second-order valence-corrected chi connectivity index (χ2v) is 5.35. The molecule has 0 spiro atoms. The highest BCUT2D eigenvalue weighted by Gasteiger charge is 2.24. The third-order valence-corrected chi connectivity index (χ3v) is 4.05. The second kappa shape index (κ2) is 5.13. The van der Waals surface area contributed by atoms with Crippen molar-refractivity contribution in [1.82, 2.24) is 0 Å². The molecule has 15 heavy (non-hydrogen) atoms. The predicted octanol–water partition coefficient (Wildman–Crippen LogP) is 3.68. The molecule has 0 amide bonds. The molecule has 1 aromatic carbocycles. The van der Waals surface area contributed by atoms with Crippen LogP contribution in [0.5, 0.6) is 0 Å². The Morgan fingerprint density at radius 2 is 1.80 bits per heavy atom. The average Bonchev–Trinajstić information content (AvgIpc) is 2.75. The molecule has 0 radical (unpaired) electrons. The van der Waals surface area contributed by atoms with Crippen molar-refractivity contribution in [2.24, 2.45) is 11.7 Å². The predicted molar refractivity (Wildman–Crippen MR) is 67.9 cm³/mol. The molecule has 1 unspecified atom stereocenters. The minimum atomic E-state index is 0.570. The van der Waals surface area contributed by atoms with Gasteiger partial charge in [0, 0.05) is 4.47 Å². The molecule has 1 atom stereocenters. The monoisotopic (exact) mass is 267 g/mol. The molecule has 2 rings (SSSR count). The topological polar surface area (TPSA) is 26.0 Å². The first-order chi connectivity index (χ1) is 7.31. The zero-order chi connectivity index (χ0) is 10.7. The Labute approximate surface area is 100 Å². The lowest BCUT2D eigenvalue weighted by Gasteiger charge is -2.22. The molecule has 1 fully saturated rings. The van der Waals surface area contributed by atoms with Gasteiger partial charge >= 0.3 is 0 Å². The summed E-state index contributed by atoms with van der Waals surface area (Å²) in [4.78, 5) is 0. The van der Waals surface area contributed by atoms with Crippen molar-refractivity contribution in [3.8, 4) is 0 Å². The molecule has 2 heteroatoms. The maximum absolute atomic E-state index is 5.91. The van der Waals surface area contributed by atoms with Crippen LogP contribution in [-0.4, -0.2) is 6.54 Å². The van der Waals surface area contributed by atoms with Crippen molar-refractivity contribution in [1.29, 1.82) is 0 Å². The molecule has 1 nitrogen and oxygen atoms in total. The molecule has 1 aliphatic rings. The second-order valence-electron chi connectivity index (χ2n) is 4.44. The maximum Gasteiger partial charge on any atom is 0.0175 e. The van der Waals surface area contributed by atoms with E-state index < -0.39 is 0 Å². The summed E-state index contributed by atoms with van der Waals surface area (Å²) < 4.78 is 1.15. The van der Waals surface area contributed by atoms with Crippen molar-refractivity contribution in [2.75, 3.05) is 6.54 Å². The van der Waals surface area contributed by atoms with Gasteiger partial charge in [0.25, 0.3) is 0 Å². The number of hydrogen-bond acceptors (Lipinski definition) is 1. The first-order valence-corrected chi connectivity index (χ1v) is 6.56.